The number of carbonyl (C=O) groups excluding carboxylic acids is 3. The lowest BCUT2D eigenvalue weighted by atomic mass is 9.54. The Kier molecular flexibility index (Phi) is 6.67. The summed E-state index contributed by atoms with van der Waals surface area (Å²) in [6.45, 7) is 0.109. The van der Waals surface area contributed by atoms with E-state index in [0.29, 0.717) is 11.4 Å². The summed E-state index contributed by atoms with van der Waals surface area (Å²) in [6.07, 6.45) is 3.20. The molecule has 2 fully saturated rings. The fraction of sp³-hybridized carbons (Fsp3) is 0.435. The van der Waals surface area contributed by atoms with Gasteiger partial charge in [-0.3, -0.25) is 29.3 Å². The molecular weight excluding hydrogens is 572 g/mol. The van der Waals surface area contributed by atoms with Gasteiger partial charge in [0.2, 0.25) is 0 Å². The lowest BCUT2D eigenvalue weighted by Crippen LogP contribution is -2.75. The number of piperidine rings is 2. The van der Waals surface area contributed by atoms with Gasteiger partial charge >= 0.3 is 11.9 Å². The molecule has 2 aliphatic heterocycles. The smallest absolute Gasteiger partial charge is 0.322 e. The van der Waals surface area contributed by atoms with Crippen LogP contribution >= 0.6 is 31.9 Å². The average molecular weight is 596 g/mol. The highest BCUT2D eigenvalue weighted by Crippen LogP contribution is 2.60. The summed E-state index contributed by atoms with van der Waals surface area (Å²) in [5.74, 6) is -2.00. The molecule has 4 atom stereocenters. The number of aromatic nitrogens is 2. The topological polar surface area (TPSA) is 102 Å². The number of halogens is 2. The molecule has 4 heterocycles. The number of Topliss-reactive ketones (excluding diaryl/α,β-unsaturated/α-hetero) is 1. The van der Waals surface area contributed by atoms with Crippen LogP contribution in [-0.4, -0.2) is 78.9 Å². The van der Waals surface area contributed by atoms with Crippen LogP contribution in [0.1, 0.15) is 23.5 Å². The molecule has 2 aromatic rings. The van der Waals surface area contributed by atoms with Gasteiger partial charge in [-0.25, -0.2) is 0 Å². The predicted molar refractivity (Wildman–Crippen MR) is 129 cm³/mol. The molecule has 9 nitrogen and oxygen atoms in total. The molecule has 0 saturated carbocycles. The van der Waals surface area contributed by atoms with Crippen molar-refractivity contribution in [2.45, 2.75) is 12.1 Å². The Morgan fingerprint density at radius 2 is 1.32 bits per heavy atom. The number of carbonyl (C=O) groups is 3. The lowest BCUT2D eigenvalue weighted by Gasteiger charge is -2.60. The molecule has 0 aromatic carbocycles. The SMILES string of the molecule is COC(=O)C12CN(C)CC(C(=O)OC)(C1=O)[C@@H](c1cc(Br)ccn1)N(C)[C@H]2c1cc(Br)ccn1. The molecule has 2 aromatic heterocycles. The Balaban J connectivity index is 2.09. The summed E-state index contributed by atoms with van der Waals surface area (Å²) in [6, 6.07) is 5.39. The first-order valence-corrected chi connectivity index (χ1v) is 12.1. The van der Waals surface area contributed by atoms with E-state index in [0.717, 1.165) is 8.95 Å². The third-order valence-electron chi connectivity index (χ3n) is 6.74. The molecule has 2 saturated heterocycles. The maximum absolute atomic E-state index is 14.5. The molecule has 34 heavy (non-hydrogen) atoms. The van der Waals surface area contributed by atoms with Crippen molar-refractivity contribution in [3.05, 3.63) is 57.0 Å². The highest BCUT2D eigenvalue weighted by molar-refractivity contribution is 9.10. The molecule has 2 unspecified atom stereocenters. The van der Waals surface area contributed by atoms with E-state index < -0.39 is 40.6 Å². The van der Waals surface area contributed by atoms with Gasteiger partial charge < -0.3 is 14.4 Å². The number of fused-ring (bicyclic) bond motifs is 2. The van der Waals surface area contributed by atoms with Crippen LogP contribution in [0.2, 0.25) is 0 Å². The van der Waals surface area contributed by atoms with Crippen molar-refractivity contribution in [2.24, 2.45) is 10.8 Å². The van der Waals surface area contributed by atoms with E-state index in [-0.39, 0.29) is 13.1 Å². The van der Waals surface area contributed by atoms with Crippen molar-refractivity contribution >= 4 is 49.6 Å². The van der Waals surface area contributed by atoms with Crippen LogP contribution in [0.25, 0.3) is 0 Å². The van der Waals surface area contributed by atoms with Gasteiger partial charge in [0.05, 0.1) is 37.7 Å². The van der Waals surface area contributed by atoms with Crippen molar-refractivity contribution < 1.29 is 23.9 Å². The number of rotatable bonds is 4. The minimum Gasteiger partial charge on any atom is -0.468 e. The van der Waals surface area contributed by atoms with E-state index in [1.165, 1.54) is 14.2 Å². The minimum absolute atomic E-state index is 0.0546. The summed E-state index contributed by atoms with van der Waals surface area (Å²) >= 11 is 6.93. The zero-order valence-electron chi connectivity index (χ0n) is 19.1. The van der Waals surface area contributed by atoms with Crippen LogP contribution in [0.4, 0.5) is 0 Å². The molecule has 0 amide bonds. The number of methoxy groups -OCH3 is 2. The molecule has 0 radical (unpaired) electrons. The Labute approximate surface area is 214 Å². The van der Waals surface area contributed by atoms with Crippen LogP contribution < -0.4 is 0 Å². The van der Waals surface area contributed by atoms with Gasteiger partial charge in [-0.2, -0.15) is 0 Å². The maximum atomic E-state index is 14.5. The molecule has 180 valence electrons. The fourth-order valence-corrected chi connectivity index (χ4v) is 6.39. The third kappa shape index (κ3) is 3.52. The lowest BCUT2D eigenvalue weighted by molar-refractivity contribution is -0.202. The van der Waals surface area contributed by atoms with Gasteiger partial charge in [0.15, 0.2) is 16.6 Å². The highest BCUT2D eigenvalue weighted by atomic mass is 79.9. The Morgan fingerprint density at radius 1 is 0.912 bits per heavy atom. The molecule has 4 rings (SSSR count). The average Bonchev–Trinajstić information content (AvgIpc) is 2.80. The van der Waals surface area contributed by atoms with E-state index in [2.05, 4.69) is 41.8 Å². The largest absolute Gasteiger partial charge is 0.468 e. The zero-order valence-corrected chi connectivity index (χ0v) is 22.3. The number of hydrogen-bond donors (Lipinski definition) is 0. The number of pyridine rings is 2. The summed E-state index contributed by atoms with van der Waals surface area (Å²) in [5.41, 5.74) is -2.46. The number of esters is 2. The number of hydrogen-bond acceptors (Lipinski definition) is 9. The van der Waals surface area contributed by atoms with Gasteiger partial charge in [0.25, 0.3) is 0 Å². The maximum Gasteiger partial charge on any atom is 0.322 e. The zero-order chi connectivity index (χ0) is 24.8. The standard InChI is InChI=1S/C23H24Br2N4O5/c1-28-11-22(20(31)33-3)17(15-9-13(24)5-7-26-15)29(2)18(16-10-14(25)6-8-27-16)23(12-28,19(22)30)21(32)34-4/h5-10,17-18H,11-12H2,1-4H3/t17-,18+,22?,23?. The molecule has 11 heteroatoms. The highest BCUT2D eigenvalue weighted by Gasteiger charge is 2.75. The van der Waals surface area contributed by atoms with Crippen LogP contribution in [0, 0.1) is 10.8 Å². The third-order valence-corrected chi connectivity index (χ3v) is 7.73. The first-order chi connectivity index (χ1) is 16.1. The van der Waals surface area contributed by atoms with Crippen LogP contribution in [0.3, 0.4) is 0 Å². The summed E-state index contributed by atoms with van der Waals surface area (Å²) in [5, 5.41) is 0. The summed E-state index contributed by atoms with van der Waals surface area (Å²) in [7, 11) is 6.02. The van der Waals surface area contributed by atoms with Crippen molar-refractivity contribution in [1.29, 1.82) is 0 Å². The Bertz CT molecular complexity index is 1080. The number of nitrogens with zero attached hydrogens (tertiary/aromatic N) is 4. The number of likely N-dealkylation sites (tertiary alicyclic amines) is 2. The van der Waals surface area contributed by atoms with Crippen LogP contribution in [0.5, 0.6) is 0 Å². The number of ether oxygens (including phenoxy) is 2. The molecule has 0 aliphatic carbocycles. The molecule has 2 aliphatic rings. The van der Waals surface area contributed by atoms with E-state index in [1.807, 2.05) is 4.90 Å². The second-order valence-corrected chi connectivity index (χ2v) is 10.5. The van der Waals surface area contributed by atoms with Gasteiger partial charge in [-0.1, -0.05) is 31.9 Å². The monoisotopic (exact) mass is 594 g/mol. The van der Waals surface area contributed by atoms with Crippen molar-refractivity contribution in [2.75, 3.05) is 41.4 Å². The van der Waals surface area contributed by atoms with E-state index in [1.54, 1.807) is 55.7 Å². The number of ketones is 1. The molecule has 2 bridgehead atoms. The Hall–Kier alpha value is -2.21. The van der Waals surface area contributed by atoms with E-state index >= 15 is 0 Å². The van der Waals surface area contributed by atoms with Gasteiger partial charge in [0.1, 0.15) is 0 Å². The first kappa shape index (κ1) is 24.9. The van der Waals surface area contributed by atoms with Gasteiger partial charge in [-0.15, -0.1) is 0 Å². The second-order valence-electron chi connectivity index (χ2n) is 8.70. The predicted octanol–water partition coefficient (Wildman–Crippen LogP) is 2.56. The summed E-state index contributed by atoms with van der Waals surface area (Å²) in [4.78, 5) is 54.2. The Morgan fingerprint density at radius 3 is 1.68 bits per heavy atom. The van der Waals surface area contributed by atoms with Crippen molar-refractivity contribution in [1.82, 2.24) is 19.8 Å². The fourth-order valence-electron chi connectivity index (χ4n) is 5.68. The van der Waals surface area contributed by atoms with Crippen molar-refractivity contribution in [3.63, 3.8) is 0 Å². The van der Waals surface area contributed by atoms with Crippen molar-refractivity contribution in [3.8, 4) is 0 Å². The quantitative estimate of drug-likeness (QED) is 0.390. The molecular formula is C23H24Br2N4O5. The normalized spacial score (nSPS) is 29.5. The first-order valence-electron chi connectivity index (χ1n) is 10.5. The summed E-state index contributed by atoms with van der Waals surface area (Å²) < 4.78 is 11.9. The van der Waals surface area contributed by atoms with Gasteiger partial charge in [0, 0.05) is 34.4 Å². The van der Waals surface area contributed by atoms with E-state index in [4.69, 9.17) is 9.47 Å². The van der Waals surface area contributed by atoms with Crippen LogP contribution in [-0.2, 0) is 23.9 Å². The van der Waals surface area contributed by atoms with Crippen LogP contribution in [0.15, 0.2) is 45.6 Å². The van der Waals surface area contributed by atoms with Gasteiger partial charge in [-0.05, 0) is 38.4 Å². The van der Waals surface area contributed by atoms with E-state index in [9.17, 15) is 14.4 Å². The molecule has 0 N–H and O–H groups in total. The molecule has 0 spiro atoms. The minimum atomic E-state index is -1.72. The second kappa shape index (κ2) is 9.10.